The Balaban J connectivity index is 1.79. The second kappa shape index (κ2) is 15.6. The molecule has 2 aromatic rings. The highest BCUT2D eigenvalue weighted by Gasteiger charge is 2.36. The maximum absolute atomic E-state index is 14.0. The van der Waals surface area contributed by atoms with Gasteiger partial charge in [-0.15, -0.1) is 4.99 Å². The van der Waals surface area contributed by atoms with Crippen molar-refractivity contribution in [2.75, 3.05) is 19.7 Å². The first-order chi connectivity index (χ1) is 21.4. The van der Waals surface area contributed by atoms with Crippen molar-refractivity contribution < 1.29 is 41.5 Å². The largest absolute Gasteiger partial charge is 0.493 e. The Morgan fingerprint density at radius 2 is 1.74 bits per heavy atom. The Labute approximate surface area is 268 Å². The highest BCUT2D eigenvalue weighted by atomic mass is 19.4. The molecule has 1 aliphatic rings. The topological polar surface area (TPSA) is 128 Å². The van der Waals surface area contributed by atoms with Crippen LogP contribution < -0.4 is 10.1 Å². The standard InChI is InChI=1S/C32H46F3N5O6/c1-8-9-10-11-12-18-43-24-16-15-21(19-23(24)32(33,34)35)25-36-26(46-39-25)22-14-13-17-40(20-22)27(37-28(41)44-30(2,3)4)38-29(42)45-31(5,6)7/h15-16,19,22H,8-14,17-18,20H2,1-7H3,(H,37,38,41,42)/t22-/m1/s1. The van der Waals surface area contributed by atoms with E-state index >= 15 is 0 Å². The van der Waals surface area contributed by atoms with Crippen LogP contribution in [0.5, 0.6) is 5.75 Å². The Hall–Kier alpha value is -3.84. The number of amides is 2. The van der Waals surface area contributed by atoms with E-state index in [0.717, 1.165) is 31.7 Å². The summed E-state index contributed by atoms with van der Waals surface area (Å²) < 4.78 is 63.6. The molecule has 1 aromatic heterocycles. The third kappa shape index (κ3) is 11.8. The molecule has 0 spiro atoms. The first-order valence-electron chi connectivity index (χ1n) is 15.7. The molecular weight excluding hydrogens is 607 g/mol. The molecule has 1 atom stereocenters. The van der Waals surface area contributed by atoms with Gasteiger partial charge in [0.1, 0.15) is 17.0 Å². The van der Waals surface area contributed by atoms with E-state index in [-0.39, 0.29) is 48.1 Å². The van der Waals surface area contributed by atoms with E-state index in [4.69, 9.17) is 18.7 Å². The molecule has 1 saturated heterocycles. The van der Waals surface area contributed by atoms with Crippen LogP contribution in [0.4, 0.5) is 22.8 Å². The number of nitrogens with one attached hydrogen (secondary N) is 1. The van der Waals surface area contributed by atoms with Crippen molar-refractivity contribution in [2.45, 2.75) is 117 Å². The van der Waals surface area contributed by atoms with Gasteiger partial charge < -0.3 is 23.6 Å². The van der Waals surface area contributed by atoms with Gasteiger partial charge in [0.15, 0.2) is 0 Å². The Kier molecular flexibility index (Phi) is 12.4. The predicted molar refractivity (Wildman–Crippen MR) is 166 cm³/mol. The molecule has 0 unspecified atom stereocenters. The second-order valence-corrected chi connectivity index (χ2v) is 13.3. The van der Waals surface area contributed by atoms with Crippen molar-refractivity contribution in [1.29, 1.82) is 0 Å². The van der Waals surface area contributed by atoms with Gasteiger partial charge in [-0.3, -0.25) is 5.32 Å². The number of alkyl halides is 3. The molecule has 0 aliphatic carbocycles. The van der Waals surface area contributed by atoms with Crippen LogP contribution in [0.3, 0.4) is 0 Å². The van der Waals surface area contributed by atoms with Crippen LogP contribution >= 0.6 is 0 Å². The van der Waals surface area contributed by atoms with Gasteiger partial charge in [-0.1, -0.05) is 37.8 Å². The summed E-state index contributed by atoms with van der Waals surface area (Å²) in [6.07, 6.45) is -0.392. The Morgan fingerprint density at radius 3 is 2.39 bits per heavy atom. The lowest BCUT2D eigenvalue weighted by molar-refractivity contribution is -0.138. The lowest BCUT2D eigenvalue weighted by atomic mass is 9.98. The second-order valence-electron chi connectivity index (χ2n) is 13.3. The van der Waals surface area contributed by atoms with E-state index in [1.807, 2.05) is 0 Å². The molecule has 14 heteroatoms. The Morgan fingerprint density at radius 1 is 1.04 bits per heavy atom. The third-order valence-corrected chi connectivity index (χ3v) is 6.76. The number of likely N-dealkylation sites (tertiary alicyclic amines) is 1. The molecule has 1 N–H and O–H groups in total. The fourth-order valence-electron chi connectivity index (χ4n) is 4.74. The van der Waals surface area contributed by atoms with Crippen molar-refractivity contribution in [3.05, 3.63) is 29.7 Å². The molecule has 256 valence electrons. The molecule has 2 heterocycles. The van der Waals surface area contributed by atoms with Crippen LogP contribution in [0.1, 0.15) is 111 Å². The van der Waals surface area contributed by atoms with Crippen molar-refractivity contribution in [2.24, 2.45) is 4.99 Å². The molecular formula is C32H46F3N5O6. The van der Waals surface area contributed by atoms with Crippen LogP contribution in [0.25, 0.3) is 11.4 Å². The number of hydrogen-bond acceptors (Lipinski definition) is 8. The molecule has 2 amide bonds. The molecule has 46 heavy (non-hydrogen) atoms. The maximum Gasteiger partial charge on any atom is 0.437 e. The molecule has 0 bridgehead atoms. The zero-order valence-corrected chi connectivity index (χ0v) is 27.8. The van der Waals surface area contributed by atoms with Crippen LogP contribution in [-0.2, 0) is 15.7 Å². The minimum atomic E-state index is -4.64. The molecule has 11 nitrogen and oxygen atoms in total. The molecule has 0 saturated carbocycles. The van der Waals surface area contributed by atoms with Crippen LogP contribution in [0.2, 0.25) is 0 Å². The van der Waals surface area contributed by atoms with Crippen molar-refractivity contribution in [3.8, 4) is 17.1 Å². The minimum absolute atomic E-state index is 0.00161. The number of nitrogens with zero attached hydrogens (tertiary/aromatic N) is 4. The SMILES string of the molecule is CCCCCCCOc1ccc(-c2noc([C@@H]3CCCN(/C(=N\C(=O)OC(C)(C)C)NC(=O)OC(C)(C)C)C3)n2)cc1C(F)(F)F. The zero-order chi connectivity index (χ0) is 34.1. The van der Waals surface area contributed by atoms with Gasteiger partial charge in [-0.05, 0) is 79.0 Å². The molecule has 1 fully saturated rings. The number of alkyl carbamates (subject to hydrolysis) is 1. The first kappa shape index (κ1) is 36.6. The number of guanidine groups is 1. The minimum Gasteiger partial charge on any atom is -0.493 e. The summed E-state index contributed by atoms with van der Waals surface area (Å²) in [6, 6.07) is 3.72. The Bertz CT molecular complexity index is 1350. The summed E-state index contributed by atoms with van der Waals surface area (Å²) in [4.78, 5) is 35.3. The number of halogens is 3. The highest BCUT2D eigenvalue weighted by molar-refractivity contribution is 5.99. The number of rotatable bonds is 9. The average molecular weight is 654 g/mol. The van der Waals surface area contributed by atoms with Gasteiger partial charge in [0.2, 0.25) is 17.7 Å². The quantitative estimate of drug-likeness (QED) is 0.162. The number of benzene rings is 1. The van der Waals surface area contributed by atoms with Crippen LogP contribution in [0, 0.1) is 0 Å². The zero-order valence-electron chi connectivity index (χ0n) is 27.8. The summed E-state index contributed by atoms with van der Waals surface area (Å²) in [7, 11) is 0. The predicted octanol–water partition coefficient (Wildman–Crippen LogP) is 8.10. The van der Waals surface area contributed by atoms with Crippen LogP contribution in [0.15, 0.2) is 27.7 Å². The molecule has 0 radical (unpaired) electrons. The number of carbonyl (C=O) groups is 2. The van der Waals surface area contributed by atoms with E-state index in [1.165, 1.54) is 12.1 Å². The fourth-order valence-corrected chi connectivity index (χ4v) is 4.74. The summed E-state index contributed by atoms with van der Waals surface area (Å²) in [5, 5.41) is 6.50. The molecule has 1 aliphatic heterocycles. The fraction of sp³-hybridized carbons (Fsp3) is 0.656. The smallest absolute Gasteiger partial charge is 0.437 e. The van der Waals surface area contributed by atoms with Gasteiger partial charge in [-0.2, -0.15) is 18.2 Å². The van der Waals surface area contributed by atoms with E-state index in [2.05, 4.69) is 27.4 Å². The van der Waals surface area contributed by atoms with Gasteiger partial charge in [0.25, 0.3) is 0 Å². The summed E-state index contributed by atoms with van der Waals surface area (Å²) >= 11 is 0. The molecule has 1 aromatic carbocycles. The number of unbranched alkanes of at least 4 members (excludes halogenated alkanes) is 4. The van der Waals surface area contributed by atoms with Crippen molar-refractivity contribution in [3.63, 3.8) is 0 Å². The summed E-state index contributed by atoms with van der Waals surface area (Å²) in [5.41, 5.74) is -2.39. The number of hydrogen-bond donors (Lipinski definition) is 1. The van der Waals surface area contributed by atoms with Crippen molar-refractivity contribution in [1.82, 2.24) is 20.4 Å². The van der Waals surface area contributed by atoms with Gasteiger partial charge in [-0.25, -0.2) is 9.59 Å². The van der Waals surface area contributed by atoms with Gasteiger partial charge in [0, 0.05) is 18.7 Å². The number of piperidine rings is 1. The maximum atomic E-state index is 14.0. The van der Waals surface area contributed by atoms with E-state index < -0.39 is 35.1 Å². The number of ether oxygens (including phenoxy) is 3. The lowest BCUT2D eigenvalue weighted by Crippen LogP contribution is -2.49. The summed E-state index contributed by atoms with van der Waals surface area (Å²) in [5.74, 6) is -0.471. The van der Waals surface area contributed by atoms with E-state index in [0.29, 0.717) is 25.8 Å². The highest BCUT2D eigenvalue weighted by Crippen LogP contribution is 2.39. The third-order valence-electron chi connectivity index (χ3n) is 6.76. The van der Waals surface area contributed by atoms with E-state index in [9.17, 15) is 22.8 Å². The monoisotopic (exact) mass is 653 g/mol. The lowest BCUT2D eigenvalue weighted by Gasteiger charge is -2.33. The van der Waals surface area contributed by atoms with E-state index in [1.54, 1.807) is 46.4 Å². The normalized spacial score (nSPS) is 16.3. The molecule has 3 rings (SSSR count). The van der Waals surface area contributed by atoms with Gasteiger partial charge in [0.05, 0.1) is 18.1 Å². The van der Waals surface area contributed by atoms with Crippen molar-refractivity contribution >= 4 is 18.1 Å². The summed E-state index contributed by atoms with van der Waals surface area (Å²) in [6.45, 7) is 13.1. The first-order valence-corrected chi connectivity index (χ1v) is 15.7. The average Bonchev–Trinajstić information content (AvgIpc) is 3.43. The number of carbonyl (C=O) groups excluding carboxylic acids is 2. The number of aliphatic imine (C=N–C) groups is 1. The van der Waals surface area contributed by atoms with Gasteiger partial charge >= 0.3 is 18.4 Å². The number of aromatic nitrogens is 2. The van der Waals surface area contributed by atoms with Crippen LogP contribution in [-0.4, -0.2) is 64.1 Å².